The van der Waals surface area contributed by atoms with E-state index in [9.17, 15) is 9.59 Å². The number of hydrogen-bond acceptors (Lipinski definition) is 3. The Kier molecular flexibility index (Phi) is 5.64. The smallest absolute Gasteiger partial charge is 0.310 e. The summed E-state index contributed by atoms with van der Waals surface area (Å²) in [4.78, 5) is 24.0. The van der Waals surface area contributed by atoms with Gasteiger partial charge in [0.1, 0.15) is 0 Å². The fourth-order valence-electron chi connectivity index (χ4n) is 2.82. The number of carbonyl (C=O) groups excluding carboxylic acids is 2. The van der Waals surface area contributed by atoms with E-state index >= 15 is 0 Å². The van der Waals surface area contributed by atoms with Gasteiger partial charge in [-0.1, -0.05) is 72.8 Å². The minimum atomic E-state index is -0.414. The van der Waals surface area contributed by atoms with E-state index in [2.05, 4.69) is 5.32 Å². The average molecular weight is 347 g/mol. The Morgan fingerprint density at radius 2 is 1.62 bits per heavy atom. The molecule has 132 valence electrons. The molecule has 0 aliphatic rings. The third-order valence-electron chi connectivity index (χ3n) is 4.20. The predicted octanol–water partition coefficient (Wildman–Crippen LogP) is 3.80. The summed E-state index contributed by atoms with van der Waals surface area (Å²) in [5.41, 5.74) is 1.87. The molecule has 0 aliphatic carbocycles. The van der Waals surface area contributed by atoms with Gasteiger partial charge in [0.25, 0.3) is 5.91 Å². The van der Waals surface area contributed by atoms with Gasteiger partial charge in [0.05, 0.1) is 12.5 Å². The molecule has 0 saturated carbocycles. The van der Waals surface area contributed by atoms with Crippen LogP contribution in [0.4, 0.5) is 0 Å². The number of carbonyl (C=O) groups is 2. The fraction of sp³-hybridized carbons (Fsp3) is 0.182. The molecule has 1 atom stereocenters. The van der Waals surface area contributed by atoms with Gasteiger partial charge in [-0.3, -0.25) is 9.59 Å². The van der Waals surface area contributed by atoms with E-state index in [1.165, 1.54) is 0 Å². The monoisotopic (exact) mass is 347 g/mol. The van der Waals surface area contributed by atoms with Crippen molar-refractivity contribution in [3.8, 4) is 0 Å². The van der Waals surface area contributed by atoms with Crippen molar-refractivity contribution in [2.45, 2.75) is 19.4 Å². The maximum Gasteiger partial charge on any atom is 0.310 e. The van der Waals surface area contributed by atoms with Crippen molar-refractivity contribution < 1.29 is 14.3 Å². The van der Waals surface area contributed by atoms with Gasteiger partial charge in [-0.2, -0.15) is 0 Å². The second-order valence-electron chi connectivity index (χ2n) is 6.22. The molecule has 0 aromatic heterocycles. The van der Waals surface area contributed by atoms with Gasteiger partial charge < -0.3 is 10.1 Å². The van der Waals surface area contributed by atoms with Gasteiger partial charge in [0.2, 0.25) is 0 Å². The zero-order chi connectivity index (χ0) is 18.4. The number of rotatable bonds is 6. The van der Waals surface area contributed by atoms with Crippen molar-refractivity contribution in [2.24, 2.45) is 0 Å². The molecule has 0 radical (unpaired) electrons. The molecule has 0 spiro atoms. The van der Waals surface area contributed by atoms with Crippen LogP contribution in [-0.4, -0.2) is 18.5 Å². The third kappa shape index (κ3) is 4.70. The normalized spacial score (nSPS) is 11.7. The first-order chi connectivity index (χ1) is 12.6. The van der Waals surface area contributed by atoms with Crippen LogP contribution >= 0.6 is 0 Å². The average Bonchev–Trinajstić information content (AvgIpc) is 2.67. The maximum atomic E-state index is 12.0. The summed E-state index contributed by atoms with van der Waals surface area (Å²) in [6.45, 7) is 1.62. The van der Waals surface area contributed by atoms with Crippen LogP contribution in [0.5, 0.6) is 0 Å². The molecule has 0 bridgehead atoms. The fourth-order valence-corrected chi connectivity index (χ4v) is 2.82. The highest BCUT2D eigenvalue weighted by molar-refractivity contribution is 5.85. The van der Waals surface area contributed by atoms with Crippen LogP contribution in [0, 0.1) is 0 Å². The molecule has 0 saturated heterocycles. The topological polar surface area (TPSA) is 55.4 Å². The zero-order valence-corrected chi connectivity index (χ0v) is 14.6. The van der Waals surface area contributed by atoms with E-state index in [1.807, 2.05) is 79.7 Å². The molecule has 3 aromatic rings. The molecule has 0 aliphatic heterocycles. The Morgan fingerprint density at radius 1 is 0.923 bits per heavy atom. The number of hydrogen-bond donors (Lipinski definition) is 1. The van der Waals surface area contributed by atoms with Crippen LogP contribution < -0.4 is 5.32 Å². The van der Waals surface area contributed by atoms with Crippen molar-refractivity contribution in [1.82, 2.24) is 5.32 Å². The Bertz CT molecular complexity index is 905. The first-order valence-corrected chi connectivity index (χ1v) is 8.59. The molecule has 26 heavy (non-hydrogen) atoms. The lowest BCUT2D eigenvalue weighted by Crippen LogP contribution is -2.31. The second kappa shape index (κ2) is 8.30. The van der Waals surface area contributed by atoms with E-state index in [1.54, 1.807) is 0 Å². The largest absolute Gasteiger partial charge is 0.455 e. The SMILES string of the molecule is C[C@H](NC(=O)COC(=O)Cc1ccc2ccccc2c1)c1ccccc1. The molecule has 4 heteroatoms. The number of esters is 1. The van der Waals surface area contributed by atoms with Gasteiger partial charge in [-0.05, 0) is 28.8 Å². The molecular formula is C22H21NO3. The first-order valence-electron chi connectivity index (χ1n) is 8.59. The Morgan fingerprint density at radius 3 is 2.38 bits per heavy atom. The summed E-state index contributed by atoms with van der Waals surface area (Å²) >= 11 is 0. The van der Waals surface area contributed by atoms with Crippen LogP contribution in [0.15, 0.2) is 72.8 Å². The number of ether oxygens (including phenoxy) is 1. The van der Waals surface area contributed by atoms with Crippen LogP contribution in [0.25, 0.3) is 10.8 Å². The van der Waals surface area contributed by atoms with Crippen LogP contribution in [0.1, 0.15) is 24.1 Å². The van der Waals surface area contributed by atoms with Crippen LogP contribution in [0.3, 0.4) is 0 Å². The van der Waals surface area contributed by atoms with Crippen molar-refractivity contribution in [3.63, 3.8) is 0 Å². The van der Waals surface area contributed by atoms with Crippen LogP contribution in [-0.2, 0) is 20.7 Å². The molecular weight excluding hydrogens is 326 g/mol. The lowest BCUT2D eigenvalue weighted by molar-refractivity contribution is -0.148. The molecule has 1 N–H and O–H groups in total. The molecule has 4 nitrogen and oxygen atoms in total. The third-order valence-corrected chi connectivity index (χ3v) is 4.20. The minimum absolute atomic E-state index is 0.136. The van der Waals surface area contributed by atoms with Gasteiger partial charge in [-0.15, -0.1) is 0 Å². The standard InChI is InChI=1S/C22H21NO3/c1-16(18-7-3-2-4-8-18)23-21(24)15-26-22(25)14-17-11-12-19-9-5-6-10-20(19)13-17/h2-13,16H,14-15H2,1H3,(H,23,24)/t16-/m0/s1. The minimum Gasteiger partial charge on any atom is -0.455 e. The Labute approximate surface area is 152 Å². The molecule has 0 fully saturated rings. The van der Waals surface area contributed by atoms with E-state index < -0.39 is 5.97 Å². The van der Waals surface area contributed by atoms with E-state index in [-0.39, 0.29) is 25.0 Å². The summed E-state index contributed by atoms with van der Waals surface area (Å²) in [6.07, 6.45) is 0.145. The molecule has 3 rings (SSSR count). The number of nitrogens with one attached hydrogen (secondary N) is 1. The molecule has 1 amide bonds. The van der Waals surface area contributed by atoms with E-state index in [4.69, 9.17) is 4.74 Å². The maximum absolute atomic E-state index is 12.0. The summed E-state index contributed by atoms with van der Waals surface area (Å²) in [5.74, 6) is -0.726. The summed E-state index contributed by atoms with van der Waals surface area (Å²) in [5, 5.41) is 5.02. The molecule has 0 heterocycles. The van der Waals surface area contributed by atoms with E-state index in [0.717, 1.165) is 21.9 Å². The van der Waals surface area contributed by atoms with Gasteiger partial charge in [0, 0.05) is 0 Å². The Balaban J connectivity index is 1.49. The predicted molar refractivity (Wildman–Crippen MR) is 102 cm³/mol. The lowest BCUT2D eigenvalue weighted by Gasteiger charge is -2.14. The number of amides is 1. The highest BCUT2D eigenvalue weighted by atomic mass is 16.5. The van der Waals surface area contributed by atoms with Gasteiger partial charge in [0.15, 0.2) is 6.61 Å². The van der Waals surface area contributed by atoms with Crippen LogP contribution in [0.2, 0.25) is 0 Å². The van der Waals surface area contributed by atoms with Crippen molar-refractivity contribution in [3.05, 3.63) is 83.9 Å². The molecule has 0 unspecified atom stereocenters. The summed E-state index contributed by atoms with van der Waals surface area (Å²) in [7, 11) is 0. The summed E-state index contributed by atoms with van der Waals surface area (Å²) in [6, 6.07) is 23.3. The van der Waals surface area contributed by atoms with Gasteiger partial charge in [-0.25, -0.2) is 0 Å². The Hall–Kier alpha value is -3.14. The second-order valence-corrected chi connectivity index (χ2v) is 6.22. The lowest BCUT2D eigenvalue weighted by atomic mass is 10.1. The van der Waals surface area contributed by atoms with Crippen molar-refractivity contribution >= 4 is 22.6 Å². The highest BCUT2D eigenvalue weighted by Crippen LogP contribution is 2.16. The first kappa shape index (κ1) is 17.7. The van der Waals surface area contributed by atoms with Gasteiger partial charge >= 0.3 is 5.97 Å². The highest BCUT2D eigenvalue weighted by Gasteiger charge is 2.12. The summed E-state index contributed by atoms with van der Waals surface area (Å²) < 4.78 is 5.11. The number of fused-ring (bicyclic) bond motifs is 1. The van der Waals surface area contributed by atoms with Crippen molar-refractivity contribution in [1.29, 1.82) is 0 Å². The quantitative estimate of drug-likeness (QED) is 0.690. The number of benzene rings is 3. The van der Waals surface area contributed by atoms with Crippen molar-refractivity contribution in [2.75, 3.05) is 6.61 Å². The van der Waals surface area contributed by atoms with E-state index in [0.29, 0.717) is 0 Å². The molecule has 3 aromatic carbocycles. The zero-order valence-electron chi connectivity index (χ0n) is 14.6.